The number of carbonyl (C=O) groups excluding carboxylic acids is 1. The van der Waals surface area contributed by atoms with Gasteiger partial charge in [0, 0.05) is 16.8 Å². The maximum absolute atomic E-state index is 11.5. The smallest absolute Gasteiger partial charge is 0.336 e. The van der Waals surface area contributed by atoms with Gasteiger partial charge >= 0.3 is 5.97 Å². The van der Waals surface area contributed by atoms with Crippen molar-refractivity contribution in [1.29, 1.82) is 0 Å². The van der Waals surface area contributed by atoms with Crippen molar-refractivity contribution in [3.05, 3.63) is 28.2 Å². The Morgan fingerprint density at radius 1 is 1.44 bits per heavy atom. The third kappa shape index (κ3) is 4.46. The van der Waals surface area contributed by atoms with Gasteiger partial charge in [-0.05, 0) is 41.1 Å². The molecule has 0 bridgehead atoms. The van der Waals surface area contributed by atoms with E-state index in [1.54, 1.807) is 12.1 Å². The third-order valence-electron chi connectivity index (χ3n) is 2.16. The van der Waals surface area contributed by atoms with E-state index in [9.17, 15) is 9.59 Å². The molecule has 6 heteroatoms. The molecule has 0 radical (unpaired) electrons. The fourth-order valence-corrected chi connectivity index (χ4v) is 1.72. The van der Waals surface area contributed by atoms with Gasteiger partial charge in [-0.15, -0.1) is 0 Å². The fraction of sp³-hybridized carbons (Fsp3) is 0.333. The highest BCUT2D eigenvalue weighted by Gasteiger charge is 2.10. The van der Waals surface area contributed by atoms with Gasteiger partial charge in [0.25, 0.3) is 0 Å². The Kier molecular flexibility index (Phi) is 5.80. The minimum Gasteiger partial charge on any atom is -0.478 e. The Labute approximate surface area is 113 Å². The van der Waals surface area contributed by atoms with Crippen LogP contribution in [0.5, 0.6) is 0 Å². The fourth-order valence-electron chi connectivity index (χ4n) is 1.30. The van der Waals surface area contributed by atoms with Gasteiger partial charge in [0.2, 0.25) is 5.91 Å². The summed E-state index contributed by atoms with van der Waals surface area (Å²) in [5.74, 6) is -1.26. The zero-order valence-electron chi connectivity index (χ0n) is 9.90. The number of aromatic carboxylic acids is 1. The van der Waals surface area contributed by atoms with Crippen LogP contribution in [0.1, 0.15) is 23.7 Å². The number of carboxylic acid groups (broad SMARTS) is 1. The summed E-state index contributed by atoms with van der Waals surface area (Å²) in [5, 5.41) is 11.6. The number of hydrogen-bond donors (Lipinski definition) is 2. The monoisotopic (exact) mass is 315 g/mol. The molecule has 0 atom stereocenters. The highest BCUT2D eigenvalue weighted by molar-refractivity contribution is 9.10. The largest absolute Gasteiger partial charge is 0.478 e. The third-order valence-corrected chi connectivity index (χ3v) is 2.85. The Morgan fingerprint density at radius 3 is 2.78 bits per heavy atom. The SMILES string of the molecule is CCOCCC(=O)Nc1ccc(Br)c(C(=O)O)c1. The number of carbonyl (C=O) groups is 2. The molecule has 0 aromatic heterocycles. The van der Waals surface area contributed by atoms with E-state index in [-0.39, 0.29) is 17.9 Å². The number of benzene rings is 1. The van der Waals surface area contributed by atoms with Crippen LogP contribution in [-0.2, 0) is 9.53 Å². The van der Waals surface area contributed by atoms with Gasteiger partial charge in [-0.3, -0.25) is 4.79 Å². The number of halogens is 1. The van der Waals surface area contributed by atoms with E-state index in [1.807, 2.05) is 6.92 Å². The van der Waals surface area contributed by atoms with E-state index in [2.05, 4.69) is 21.2 Å². The Balaban J connectivity index is 2.65. The van der Waals surface area contributed by atoms with Crippen molar-refractivity contribution in [3.8, 4) is 0 Å². The minimum absolute atomic E-state index is 0.109. The first-order chi connectivity index (χ1) is 8.54. The lowest BCUT2D eigenvalue weighted by atomic mass is 10.2. The number of nitrogens with one attached hydrogen (secondary N) is 1. The van der Waals surface area contributed by atoms with Gasteiger partial charge in [0.1, 0.15) is 0 Å². The molecule has 98 valence electrons. The molecule has 1 aromatic carbocycles. The van der Waals surface area contributed by atoms with E-state index < -0.39 is 5.97 Å². The van der Waals surface area contributed by atoms with Crippen LogP contribution in [0.25, 0.3) is 0 Å². The first kappa shape index (κ1) is 14.7. The van der Waals surface area contributed by atoms with Crippen molar-refractivity contribution >= 4 is 33.5 Å². The molecule has 0 aliphatic heterocycles. The highest BCUT2D eigenvalue weighted by atomic mass is 79.9. The standard InChI is InChI=1S/C12H14BrNO4/c1-2-18-6-5-11(15)14-8-3-4-10(13)9(7-8)12(16)17/h3-4,7H,2,5-6H2,1H3,(H,14,15)(H,16,17). The summed E-state index contributed by atoms with van der Waals surface area (Å²) in [7, 11) is 0. The maximum Gasteiger partial charge on any atom is 0.336 e. The van der Waals surface area contributed by atoms with Crippen molar-refractivity contribution in [3.63, 3.8) is 0 Å². The molecular formula is C12H14BrNO4. The number of anilines is 1. The second kappa shape index (κ2) is 7.13. The predicted octanol–water partition coefficient (Wildman–Crippen LogP) is 2.51. The summed E-state index contributed by atoms with van der Waals surface area (Å²) in [6, 6.07) is 4.63. The van der Waals surface area contributed by atoms with Gasteiger partial charge in [-0.2, -0.15) is 0 Å². The molecule has 0 fully saturated rings. The van der Waals surface area contributed by atoms with Crippen LogP contribution in [-0.4, -0.2) is 30.2 Å². The first-order valence-electron chi connectivity index (χ1n) is 5.45. The van der Waals surface area contributed by atoms with Crippen molar-refractivity contribution in [2.75, 3.05) is 18.5 Å². The van der Waals surface area contributed by atoms with E-state index in [4.69, 9.17) is 9.84 Å². The average Bonchev–Trinajstić information content (AvgIpc) is 2.31. The van der Waals surface area contributed by atoms with Gasteiger partial charge in [0.05, 0.1) is 18.6 Å². The van der Waals surface area contributed by atoms with Crippen LogP contribution in [0, 0.1) is 0 Å². The molecule has 1 rings (SSSR count). The summed E-state index contributed by atoms with van der Waals surface area (Å²) in [6.45, 7) is 2.77. The molecule has 0 aliphatic rings. The zero-order valence-corrected chi connectivity index (χ0v) is 11.5. The van der Waals surface area contributed by atoms with E-state index >= 15 is 0 Å². The van der Waals surface area contributed by atoms with Crippen LogP contribution in [0.4, 0.5) is 5.69 Å². The summed E-state index contributed by atoms with van der Waals surface area (Å²) in [6.07, 6.45) is 0.242. The molecule has 5 nitrogen and oxygen atoms in total. The lowest BCUT2D eigenvalue weighted by Crippen LogP contribution is -2.14. The number of hydrogen-bond acceptors (Lipinski definition) is 3. The van der Waals surface area contributed by atoms with Crippen LogP contribution in [0.15, 0.2) is 22.7 Å². The second-order valence-corrected chi connectivity index (χ2v) is 4.35. The maximum atomic E-state index is 11.5. The van der Waals surface area contributed by atoms with E-state index in [0.717, 1.165) is 0 Å². The average molecular weight is 316 g/mol. The Morgan fingerprint density at radius 2 is 2.17 bits per heavy atom. The normalized spacial score (nSPS) is 10.1. The Bertz CT molecular complexity index is 448. The molecule has 0 saturated heterocycles. The molecule has 18 heavy (non-hydrogen) atoms. The van der Waals surface area contributed by atoms with Gasteiger partial charge in [-0.25, -0.2) is 4.79 Å². The molecule has 0 heterocycles. The molecular weight excluding hydrogens is 302 g/mol. The van der Waals surface area contributed by atoms with Crippen LogP contribution < -0.4 is 5.32 Å². The van der Waals surface area contributed by atoms with Gasteiger partial charge < -0.3 is 15.2 Å². The Hall–Kier alpha value is -1.40. The van der Waals surface area contributed by atoms with Crippen molar-refractivity contribution < 1.29 is 19.4 Å². The predicted molar refractivity (Wildman–Crippen MR) is 70.8 cm³/mol. The van der Waals surface area contributed by atoms with Crippen LogP contribution in [0.3, 0.4) is 0 Å². The molecule has 0 spiro atoms. The van der Waals surface area contributed by atoms with Crippen LogP contribution >= 0.6 is 15.9 Å². The van der Waals surface area contributed by atoms with Crippen molar-refractivity contribution in [1.82, 2.24) is 0 Å². The quantitative estimate of drug-likeness (QED) is 0.791. The zero-order chi connectivity index (χ0) is 13.5. The van der Waals surface area contributed by atoms with E-state index in [1.165, 1.54) is 6.07 Å². The van der Waals surface area contributed by atoms with Crippen molar-refractivity contribution in [2.45, 2.75) is 13.3 Å². The lowest BCUT2D eigenvalue weighted by molar-refractivity contribution is -0.117. The molecule has 1 aromatic rings. The van der Waals surface area contributed by atoms with Crippen LogP contribution in [0.2, 0.25) is 0 Å². The number of amides is 1. The minimum atomic E-state index is -1.05. The molecule has 0 aliphatic carbocycles. The number of rotatable bonds is 6. The van der Waals surface area contributed by atoms with Gasteiger partial charge in [-0.1, -0.05) is 0 Å². The summed E-state index contributed by atoms with van der Waals surface area (Å²) in [5.41, 5.74) is 0.565. The second-order valence-electron chi connectivity index (χ2n) is 3.49. The van der Waals surface area contributed by atoms with E-state index in [0.29, 0.717) is 23.4 Å². The van der Waals surface area contributed by atoms with Crippen molar-refractivity contribution in [2.24, 2.45) is 0 Å². The summed E-state index contributed by atoms with van der Waals surface area (Å²) in [4.78, 5) is 22.4. The molecule has 2 N–H and O–H groups in total. The number of carboxylic acids is 1. The summed E-state index contributed by atoms with van der Waals surface area (Å²) < 4.78 is 5.53. The molecule has 0 unspecified atom stereocenters. The first-order valence-corrected chi connectivity index (χ1v) is 6.24. The molecule has 1 amide bonds. The topological polar surface area (TPSA) is 75.6 Å². The summed E-state index contributed by atoms with van der Waals surface area (Å²) >= 11 is 3.13. The van der Waals surface area contributed by atoms with Gasteiger partial charge in [0.15, 0.2) is 0 Å². The lowest BCUT2D eigenvalue weighted by Gasteiger charge is -2.07. The molecule has 0 saturated carbocycles. The number of ether oxygens (including phenoxy) is 1. The highest BCUT2D eigenvalue weighted by Crippen LogP contribution is 2.21.